The molecule has 5 atom stereocenters. The van der Waals surface area contributed by atoms with Gasteiger partial charge in [0, 0.05) is 12.3 Å². The molecule has 1 saturated heterocycles. The molecule has 1 heterocycles. The molecule has 0 bridgehead atoms. The number of carbonyl (C=O) groups is 1. The summed E-state index contributed by atoms with van der Waals surface area (Å²) in [5, 5.41) is 10.3. The summed E-state index contributed by atoms with van der Waals surface area (Å²) in [5.41, 5.74) is 1.13. The summed E-state index contributed by atoms with van der Waals surface area (Å²) in [6.45, 7) is 5.01. The Balaban J connectivity index is 1.63. The highest BCUT2D eigenvalue weighted by Crippen LogP contribution is 2.35. The molecule has 1 aliphatic rings. The standard InChI is InChI=1S/C19H28O5/c1-13(9-18(21)22-3)19-17(24-19)10-16(20)14(2)11-23-12-15-7-5-4-6-8-15/h4-8,13-14,16-17,19-20H,9-12H2,1-3H3/t13-,14-,16+,17+,19-/m1/s1. The van der Waals surface area contributed by atoms with Gasteiger partial charge >= 0.3 is 5.97 Å². The van der Waals surface area contributed by atoms with E-state index >= 15 is 0 Å². The van der Waals surface area contributed by atoms with Crippen LogP contribution in [0.3, 0.4) is 0 Å². The second-order valence-corrected chi connectivity index (χ2v) is 6.68. The van der Waals surface area contributed by atoms with Crippen LogP contribution in [-0.4, -0.2) is 43.1 Å². The Hall–Kier alpha value is -1.43. The zero-order valence-electron chi connectivity index (χ0n) is 14.7. The van der Waals surface area contributed by atoms with Crippen molar-refractivity contribution in [1.82, 2.24) is 0 Å². The van der Waals surface area contributed by atoms with Gasteiger partial charge < -0.3 is 19.3 Å². The quantitative estimate of drug-likeness (QED) is 0.525. The molecule has 5 nitrogen and oxygen atoms in total. The minimum Gasteiger partial charge on any atom is -0.469 e. The number of aliphatic hydroxyl groups is 1. The molecule has 0 aliphatic carbocycles. The van der Waals surface area contributed by atoms with Gasteiger partial charge in [-0.2, -0.15) is 0 Å². The van der Waals surface area contributed by atoms with E-state index in [0.717, 1.165) is 5.56 Å². The van der Waals surface area contributed by atoms with Crippen molar-refractivity contribution in [3.05, 3.63) is 35.9 Å². The molecular formula is C19H28O5. The van der Waals surface area contributed by atoms with E-state index in [0.29, 0.717) is 26.1 Å². The van der Waals surface area contributed by atoms with Crippen LogP contribution in [0.15, 0.2) is 30.3 Å². The third-order valence-corrected chi connectivity index (χ3v) is 4.52. The first kappa shape index (κ1) is 18.9. The van der Waals surface area contributed by atoms with Crippen molar-refractivity contribution in [3.8, 4) is 0 Å². The number of epoxide rings is 1. The maximum atomic E-state index is 11.3. The monoisotopic (exact) mass is 336 g/mol. The number of esters is 1. The Bertz CT molecular complexity index is 504. The predicted octanol–water partition coefficient (Wildman–Crippen LogP) is 2.56. The van der Waals surface area contributed by atoms with Crippen LogP contribution in [0.2, 0.25) is 0 Å². The first-order valence-corrected chi connectivity index (χ1v) is 8.53. The van der Waals surface area contributed by atoms with Crippen LogP contribution >= 0.6 is 0 Å². The van der Waals surface area contributed by atoms with Gasteiger partial charge in [-0.3, -0.25) is 4.79 Å². The first-order chi connectivity index (χ1) is 11.5. The number of benzene rings is 1. The van der Waals surface area contributed by atoms with Gasteiger partial charge in [0.25, 0.3) is 0 Å². The topological polar surface area (TPSA) is 68.3 Å². The Morgan fingerprint density at radius 2 is 2.00 bits per heavy atom. The summed E-state index contributed by atoms with van der Waals surface area (Å²) in [6, 6.07) is 9.98. The van der Waals surface area contributed by atoms with Gasteiger partial charge in [0.05, 0.1) is 45.1 Å². The molecule has 134 valence electrons. The summed E-state index contributed by atoms with van der Waals surface area (Å²) in [7, 11) is 1.39. The Kier molecular flexibility index (Phi) is 7.21. The molecule has 1 fully saturated rings. The van der Waals surface area contributed by atoms with Gasteiger partial charge in [0.2, 0.25) is 0 Å². The van der Waals surface area contributed by atoms with Crippen molar-refractivity contribution < 1.29 is 24.1 Å². The summed E-state index contributed by atoms with van der Waals surface area (Å²) in [4.78, 5) is 11.3. The number of hydrogen-bond acceptors (Lipinski definition) is 5. The van der Waals surface area contributed by atoms with Gasteiger partial charge in [0.15, 0.2) is 0 Å². The summed E-state index contributed by atoms with van der Waals surface area (Å²) < 4.78 is 16.0. The molecule has 2 rings (SSSR count). The van der Waals surface area contributed by atoms with Gasteiger partial charge in [-0.05, 0) is 11.5 Å². The lowest BCUT2D eigenvalue weighted by Gasteiger charge is -2.18. The molecule has 0 unspecified atom stereocenters. The third-order valence-electron chi connectivity index (χ3n) is 4.52. The maximum Gasteiger partial charge on any atom is 0.305 e. The van der Waals surface area contributed by atoms with E-state index < -0.39 is 6.10 Å². The lowest BCUT2D eigenvalue weighted by Crippen LogP contribution is -2.25. The molecule has 5 heteroatoms. The number of carbonyl (C=O) groups excluding carboxylic acids is 1. The molecule has 0 spiro atoms. The minimum atomic E-state index is -0.471. The molecule has 0 radical (unpaired) electrons. The molecule has 1 aliphatic heterocycles. The van der Waals surface area contributed by atoms with Gasteiger partial charge in [-0.15, -0.1) is 0 Å². The van der Waals surface area contributed by atoms with Crippen molar-refractivity contribution in [2.24, 2.45) is 11.8 Å². The van der Waals surface area contributed by atoms with E-state index in [9.17, 15) is 9.90 Å². The predicted molar refractivity (Wildman–Crippen MR) is 90.3 cm³/mol. The number of hydrogen-bond donors (Lipinski definition) is 1. The van der Waals surface area contributed by atoms with Crippen LogP contribution in [-0.2, 0) is 25.6 Å². The highest BCUT2D eigenvalue weighted by molar-refractivity contribution is 5.69. The fraction of sp³-hybridized carbons (Fsp3) is 0.632. The summed E-state index contributed by atoms with van der Waals surface area (Å²) >= 11 is 0. The SMILES string of the molecule is COC(=O)C[C@@H](C)[C@H]1O[C@H]1C[C@H](O)[C@H](C)COCc1ccccc1. The molecule has 1 aromatic rings. The second-order valence-electron chi connectivity index (χ2n) is 6.68. The van der Waals surface area contributed by atoms with E-state index in [2.05, 4.69) is 4.74 Å². The highest BCUT2D eigenvalue weighted by Gasteiger charge is 2.44. The number of methoxy groups -OCH3 is 1. The number of aliphatic hydroxyl groups excluding tert-OH is 1. The lowest BCUT2D eigenvalue weighted by atomic mass is 9.95. The van der Waals surface area contributed by atoms with Crippen LogP contribution in [0, 0.1) is 11.8 Å². The van der Waals surface area contributed by atoms with Crippen LogP contribution in [0.4, 0.5) is 0 Å². The van der Waals surface area contributed by atoms with Crippen molar-refractivity contribution in [1.29, 1.82) is 0 Å². The van der Waals surface area contributed by atoms with Crippen LogP contribution in [0.25, 0.3) is 0 Å². The maximum absolute atomic E-state index is 11.3. The largest absolute Gasteiger partial charge is 0.469 e. The Morgan fingerprint density at radius 3 is 2.67 bits per heavy atom. The fourth-order valence-electron chi connectivity index (χ4n) is 2.83. The zero-order valence-corrected chi connectivity index (χ0v) is 14.7. The highest BCUT2D eigenvalue weighted by atomic mass is 16.6. The van der Waals surface area contributed by atoms with E-state index in [1.165, 1.54) is 7.11 Å². The van der Waals surface area contributed by atoms with Gasteiger partial charge in [0.1, 0.15) is 0 Å². The van der Waals surface area contributed by atoms with Crippen LogP contribution < -0.4 is 0 Å². The summed E-state index contributed by atoms with van der Waals surface area (Å²) in [5.74, 6) is -0.0752. The fourth-order valence-corrected chi connectivity index (χ4v) is 2.83. The lowest BCUT2D eigenvalue weighted by molar-refractivity contribution is -0.141. The van der Waals surface area contributed by atoms with Crippen molar-refractivity contribution in [2.75, 3.05) is 13.7 Å². The normalized spacial score (nSPS) is 23.3. The van der Waals surface area contributed by atoms with Gasteiger partial charge in [-0.25, -0.2) is 0 Å². The third kappa shape index (κ3) is 5.89. The van der Waals surface area contributed by atoms with Gasteiger partial charge in [-0.1, -0.05) is 44.2 Å². The minimum absolute atomic E-state index is 0.0243. The molecule has 1 aromatic carbocycles. The molecular weight excluding hydrogens is 308 g/mol. The first-order valence-electron chi connectivity index (χ1n) is 8.53. The van der Waals surface area contributed by atoms with Crippen molar-refractivity contribution in [3.63, 3.8) is 0 Å². The number of ether oxygens (including phenoxy) is 3. The Morgan fingerprint density at radius 1 is 1.29 bits per heavy atom. The average molecular weight is 336 g/mol. The number of rotatable bonds is 10. The second kappa shape index (κ2) is 9.16. The summed E-state index contributed by atoms with van der Waals surface area (Å²) in [6.07, 6.45) is 0.517. The van der Waals surface area contributed by atoms with Crippen molar-refractivity contribution in [2.45, 2.75) is 51.6 Å². The molecule has 0 saturated carbocycles. The average Bonchev–Trinajstić information content (AvgIpc) is 3.34. The molecule has 0 aromatic heterocycles. The van der Waals surface area contributed by atoms with Crippen LogP contribution in [0.1, 0.15) is 32.3 Å². The van der Waals surface area contributed by atoms with E-state index in [1.807, 2.05) is 44.2 Å². The van der Waals surface area contributed by atoms with E-state index in [1.54, 1.807) is 0 Å². The van der Waals surface area contributed by atoms with E-state index in [4.69, 9.17) is 9.47 Å². The van der Waals surface area contributed by atoms with Crippen LogP contribution in [0.5, 0.6) is 0 Å². The molecule has 1 N–H and O–H groups in total. The molecule has 0 amide bonds. The van der Waals surface area contributed by atoms with E-state index in [-0.39, 0.29) is 30.0 Å². The Labute approximate surface area is 143 Å². The molecule has 24 heavy (non-hydrogen) atoms. The smallest absolute Gasteiger partial charge is 0.305 e. The van der Waals surface area contributed by atoms with Crippen molar-refractivity contribution >= 4 is 5.97 Å². The zero-order chi connectivity index (χ0) is 17.5.